The van der Waals surface area contributed by atoms with E-state index in [9.17, 15) is 4.79 Å². The van der Waals surface area contributed by atoms with Gasteiger partial charge in [0.2, 0.25) is 5.91 Å². The highest BCUT2D eigenvalue weighted by Crippen LogP contribution is 2.14. The Morgan fingerprint density at radius 3 is 2.59 bits per heavy atom. The third kappa shape index (κ3) is 3.85. The molecule has 0 bridgehead atoms. The first-order valence-electron chi connectivity index (χ1n) is 7.50. The lowest BCUT2D eigenvalue weighted by Gasteiger charge is -2.11. The Kier molecular flexibility index (Phi) is 5.15. The van der Waals surface area contributed by atoms with Crippen molar-refractivity contribution in [1.82, 2.24) is 15.1 Å². The van der Waals surface area contributed by atoms with Gasteiger partial charge in [0.05, 0.1) is 5.69 Å². The highest BCUT2D eigenvalue weighted by atomic mass is 16.1. The molecule has 1 heterocycles. The van der Waals surface area contributed by atoms with Crippen molar-refractivity contribution in [2.24, 2.45) is 7.05 Å². The number of hydrogen-bond donors (Lipinski definition) is 1. The number of hydrogen-bond acceptors (Lipinski definition) is 2. The molecule has 1 aromatic heterocycles. The van der Waals surface area contributed by atoms with Crippen molar-refractivity contribution >= 4 is 12.0 Å². The molecule has 22 heavy (non-hydrogen) atoms. The highest BCUT2D eigenvalue weighted by molar-refractivity contribution is 5.92. The van der Waals surface area contributed by atoms with Gasteiger partial charge < -0.3 is 5.32 Å². The van der Waals surface area contributed by atoms with Gasteiger partial charge in [0, 0.05) is 30.9 Å². The average Bonchev–Trinajstić information content (AvgIpc) is 2.76. The highest BCUT2D eigenvalue weighted by Gasteiger charge is 2.08. The van der Waals surface area contributed by atoms with E-state index in [1.54, 1.807) is 6.08 Å². The topological polar surface area (TPSA) is 46.9 Å². The molecule has 4 nitrogen and oxygen atoms in total. The lowest BCUT2D eigenvalue weighted by molar-refractivity contribution is -0.116. The van der Waals surface area contributed by atoms with Gasteiger partial charge in [-0.1, -0.05) is 37.3 Å². The molecule has 0 aliphatic rings. The van der Waals surface area contributed by atoms with Crippen molar-refractivity contribution in [3.8, 4) is 0 Å². The third-order valence-electron chi connectivity index (χ3n) is 3.92. The number of nitrogens with zero attached hydrogens (tertiary/aromatic N) is 2. The quantitative estimate of drug-likeness (QED) is 0.863. The summed E-state index contributed by atoms with van der Waals surface area (Å²) >= 11 is 0. The van der Waals surface area contributed by atoms with Crippen molar-refractivity contribution < 1.29 is 4.79 Å². The molecule has 1 N–H and O–H groups in total. The smallest absolute Gasteiger partial charge is 0.244 e. The standard InChI is InChI=1S/C18H23N3O/c1-13(16-8-6-5-7-9-16)12-19-18(22)11-10-17-14(2)20-21(4)15(17)3/h5-11,13H,12H2,1-4H3,(H,19,22)/b11-10+/t13-/m0/s1. The van der Waals surface area contributed by atoms with Crippen LogP contribution in [0.1, 0.15) is 35.4 Å². The monoisotopic (exact) mass is 297 g/mol. The van der Waals surface area contributed by atoms with Crippen molar-refractivity contribution in [2.75, 3.05) is 6.54 Å². The van der Waals surface area contributed by atoms with Crippen LogP contribution in [0.4, 0.5) is 0 Å². The summed E-state index contributed by atoms with van der Waals surface area (Å²) in [6.07, 6.45) is 3.41. The Labute approximate surface area is 131 Å². The Morgan fingerprint density at radius 2 is 2.00 bits per heavy atom. The maximum absolute atomic E-state index is 12.0. The number of nitrogens with one attached hydrogen (secondary N) is 1. The second-order valence-corrected chi connectivity index (χ2v) is 5.60. The molecule has 1 amide bonds. The van der Waals surface area contributed by atoms with E-state index in [-0.39, 0.29) is 5.91 Å². The van der Waals surface area contributed by atoms with Crippen LogP contribution >= 0.6 is 0 Å². The van der Waals surface area contributed by atoms with Crippen LogP contribution in [0.5, 0.6) is 0 Å². The van der Waals surface area contributed by atoms with Gasteiger partial charge in [-0.3, -0.25) is 9.48 Å². The average molecular weight is 297 g/mol. The van der Waals surface area contributed by atoms with Gasteiger partial charge in [-0.05, 0) is 31.4 Å². The van der Waals surface area contributed by atoms with Crippen LogP contribution in [0, 0.1) is 13.8 Å². The second kappa shape index (κ2) is 7.07. The van der Waals surface area contributed by atoms with Crippen LogP contribution in [0.25, 0.3) is 6.08 Å². The molecule has 4 heteroatoms. The first-order chi connectivity index (χ1) is 10.5. The Morgan fingerprint density at radius 1 is 1.32 bits per heavy atom. The molecule has 0 aliphatic heterocycles. The Balaban J connectivity index is 1.92. The summed E-state index contributed by atoms with van der Waals surface area (Å²) in [5, 5.41) is 7.28. The van der Waals surface area contributed by atoms with Gasteiger partial charge >= 0.3 is 0 Å². The third-order valence-corrected chi connectivity index (χ3v) is 3.92. The molecule has 116 valence electrons. The fraction of sp³-hybridized carbons (Fsp3) is 0.333. The van der Waals surface area contributed by atoms with Crippen molar-refractivity contribution in [1.29, 1.82) is 0 Å². The number of carbonyl (C=O) groups is 1. The summed E-state index contributed by atoms with van der Waals surface area (Å²) < 4.78 is 1.82. The van der Waals surface area contributed by atoms with Crippen molar-refractivity contribution in [3.63, 3.8) is 0 Å². The van der Waals surface area contributed by atoms with E-state index in [0.29, 0.717) is 12.5 Å². The maximum atomic E-state index is 12.0. The number of rotatable bonds is 5. The van der Waals surface area contributed by atoms with E-state index in [0.717, 1.165) is 17.0 Å². The molecule has 0 radical (unpaired) electrons. The summed E-state index contributed by atoms with van der Waals surface area (Å²) in [5.74, 6) is 0.214. The molecule has 0 aliphatic carbocycles. The van der Waals surface area contributed by atoms with Gasteiger partial charge in [-0.2, -0.15) is 5.10 Å². The molecular formula is C18H23N3O. The van der Waals surface area contributed by atoms with E-state index in [2.05, 4.69) is 29.5 Å². The Bertz CT molecular complexity index is 671. The van der Waals surface area contributed by atoms with Crippen LogP contribution in [0.3, 0.4) is 0 Å². The summed E-state index contributed by atoms with van der Waals surface area (Å²) in [6, 6.07) is 10.2. The van der Waals surface area contributed by atoms with Gasteiger partial charge in [-0.15, -0.1) is 0 Å². The molecule has 1 atom stereocenters. The van der Waals surface area contributed by atoms with E-state index in [1.807, 2.05) is 49.9 Å². The van der Waals surface area contributed by atoms with E-state index in [4.69, 9.17) is 0 Å². The largest absolute Gasteiger partial charge is 0.352 e. The number of carbonyl (C=O) groups excluding carboxylic acids is 1. The molecular weight excluding hydrogens is 274 g/mol. The molecule has 0 fully saturated rings. The van der Waals surface area contributed by atoms with E-state index < -0.39 is 0 Å². The minimum atomic E-state index is -0.0783. The normalized spacial score (nSPS) is 12.5. The minimum Gasteiger partial charge on any atom is -0.352 e. The number of aryl methyl sites for hydroxylation is 2. The zero-order valence-corrected chi connectivity index (χ0v) is 13.6. The zero-order chi connectivity index (χ0) is 16.1. The second-order valence-electron chi connectivity index (χ2n) is 5.60. The van der Waals surface area contributed by atoms with Crippen LogP contribution in [0.2, 0.25) is 0 Å². The molecule has 0 saturated heterocycles. The van der Waals surface area contributed by atoms with Gasteiger partial charge in [0.25, 0.3) is 0 Å². The van der Waals surface area contributed by atoms with Gasteiger partial charge in [0.1, 0.15) is 0 Å². The predicted octanol–water partition coefficient (Wildman–Crippen LogP) is 2.97. The fourth-order valence-electron chi connectivity index (χ4n) is 2.40. The molecule has 0 saturated carbocycles. The summed E-state index contributed by atoms with van der Waals surface area (Å²) in [6.45, 7) is 6.67. The fourth-order valence-corrected chi connectivity index (χ4v) is 2.40. The van der Waals surface area contributed by atoms with Crippen LogP contribution in [-0.4, -0.2) is 22.2 Å². The van der Waals surface area contributed by atoms with E-state index in [1.165, 1.54) is 5.56 Å². The maximum Gasteiger partial charge on any atom is 0.244 e. The van der Waals surface area contributed by atoms with Crippen LogP contribution in [0.15, 0.2) is 36.4 Å². The summed E-state index contributed by atoms with van der Waals surface area (Å²) in [7, 11) is 1.90. The predicted molar refractivity (Wildman–Crippen MR) is 89.6 cm³/mol. The SMILES string of the molecule is Cc1nn(C)c(C)c1/C=C/C(=O)NC[C@H](C)c1ccccc1. The van der Waals surface area contributed by atoms with E-state index >= 15 is 0 Å². The van der Waals surface area contributed by atoms with Crippen LogP contribution < -0.4 is 5.32 Å². The molecule has 0 spiro atoms. The summed E-state index contributed by atoms with van der Waals surface area (Å²) in [5.41, 5.74) is 4.22. The Hall–Kier alpha value is -2.36. The first kappa shape index (κ1) is 16.0. The number of benzene rings is 1. The zero-order valence-electron chi connectivity index (χ0n) is 13.6. The van der Waals surface area contributed by atoms with Crippen molar-refractivity contribution in [3.05, 3.63) is 58.9 Å². The number of aromatic nitrogens is 2. The van der Waals surface area contributed by atoms with Crippen molar-refractivity contribution in [2.45, 2.75) is 26.7 Å². The minimum absolute atomic E-state index is 0.0783. The van der Waals surface area contributed by atoms with Gasteiger partial charge in [0.15, 0.2) is 0 Å². The summed E-state index contributed by atoms with van der Waals surface area (Å²) in [4.78, 5) is 12.0. The first-order valence-corrected chi connectivity index (χ1v) is 7.50. The lowest BCUT2D eigenvalue weighted by Crippen LogP contribution is -2.25. The molecule has 0 unspecified atom stereocenters. The number of amides is 1. The van der Waals surface area contributed by atoms with Crippen LogP contribution in [-0.2, 0) is 11.8 Å². The molecule has 1 aromatic carbocycles. The lowest BCUT2D eigenvalue weighted by atomic mass is 10.0. The molecule has 2 rings (SSSR count). The van der Waals surface area contributed by atoms with Gasteiger partial charge in [-0.25, -0.2) is 0 Å². The molecule has 2 aromatic rings.